The van der Waals surface area contributed by atoms with Crippen molar-refractivity contribution in [2.24, 2.45) is 5.92 Å². The van der Waals surface area contributed by atoms with Crippen molar-refractivity contribution in [3.8, 4) is 0 Å². The quantitative estimate of drug-likeness (QED) is 0.421. The molecule has 0 amide bonds. The van der Waals surface area contributed by atoms with Crippen molar-refractivity contribution in [2.45, 2.75) is 10.2 Å². The van der Waals surface area contributed by atoms with Crippen LogP contribution in [0.2, 0.25) is 0 Å². The lowest BCUT2D eigenvalue weighted by molar-refractivity contribution is -0.134. The number of allylic oxidation sites excluding steroid dienone is 3. The van der Waals surface area contributed by atoms with E-state index in [4.69, 9.17) is 34.8 Å². The molecule has 0 saturated heterocycles. The number of carbonyl (C=O) groups is 1. The number of nitrogens with one attached hydrogen (secondary N) is 1. The predicted octanol–water partition coefficient (Wildman–Crippen LogP) is 4.98. The minimum Gasteiger partial charge on any atom is -0.466 e. The van der Waals surface area contributed by atoms with Crippen LogP contribution in [0.3, 0.4) is 0 Å². The number of methoxy groups -OCH3 is 1. The molecular formula is C20H17Cl3N2O2. The fourth-order valence-corrected chi connectivity index (χ4v) is 4.23. The number of ether oxygens (including phenoxy) is 1. The highest BCUT2D eigenvalue weighted by Crippen LogP contribution is 2.46. The zero-order valence-electron chi connectivity index (χ0n) is 14.5. The Hall–Kier alpha value is -1.88. The first kappa shape index (κ1) is 18.5. The number of alkyl halides is 3. The third-order valence-electron chi connectivity index (χ3n) is 4.94. The predicted molar refractivity (Wildman–Crippen MR) is 110 cm³/mol. The molecule has 0 spiro atoms. The van der Waals surface area contributed by atoms with Gasteiger partial charge in [0.15, 0.2) is 0 Å². The fourth-order valence-electron chi connectivity index (χ4n) is 3.66. The van der Waals surface area contributed by atoms with E-state index in [-0.39, 0.29) is 0 Å². The maximum atomic E-state index is 11.5. The van der Waals surface area contributed by atoms with Gasteiger partial charge in [0.05, 0.1) is 24.4 Å². The summed E-state index contributed by atoms with van der Waals surface area (Å²) in [5.74, 6) is -0.947. The van der Waals surface area contributed by atoms with Crippen LogP contribution in [-0.2, 0) is 16.0 Å². The van der Waals surface area contributed by atoms with Gasteiger partial charge in [0, 0.05) is 29.7 Å². The van der Waals surface area contributed by atoms with Gasteiger partial charge in [-0.05, 0) is 35.8 Å². The summed E-state index contributed by atoms with van der Waals surface area (Å²) < 4.78 is 3.12. The summed E-state index contributed by atoms with van der Waals surface area (Å²) in [5, 5.41) is 1.22. The Bertz CT molecular complexity index is 998. The molecule has 2 aromatic rings. The Kier molecular flexibility index (Phi) is 4.75. The van der Waals surface area contributed by atoms with E-state index in [1.807, 2.05) is 24.4 Å². The SMILES string of the molecule is COC(=O)/C=C/C1=CN2CCc3c([nH]c4ccccc34)C2=CC1C(Cl)(Cl)Cl. The number of hydrogen-bond acceptors (Lipinski definition) is 3. The summed E-state index contributed by atoms with van der Waals surface area (Å²) in [4.78, 5) is 17.1. The molecular weight excluding hydrogens is 407 g/mol. The average Bonchev–Trinajstić information content (AvgIpc) is 3.03. The molecule has 2 aliphatic heterocycles. The highest BCUT2D eigenvalue weighted by Gasteiger charge is 2.38. The smallest absolute Gasteiger partial charge is 0.330 e. The van der Waals surface area contributed by atoms with Crippen molar-refractivity contribution in [3.05, 3.63) is 65.5 Å². The van der Waals surface area contributed by atoms with E-state index in [2.05, 4.69) is 26.8 Å². The minimum absolute atomic E-state index is 0.453. The van der Waals surface area contributed by atoms with Gasteiger partial charge < -0.3 is 14.6 Å². The maximum absolute atomic E-state index is 11.5. The van der Waals surface area contributed by atoms with E-state index in [0.717, 1.165) is 35.4 Å². The van der Waals surface area contributed by atoms with Gasteiger partial charge in [-0.15, -0.1) is 0 Å². The summed E-state index contributed by atoms with van der Waals surface area (Å²) in [6, 6.07) is 8.24. The molecule has 2 aliphatic rings. The second kappa shape index (κ2) is 6.93. The zero-order chi connectivity index (χ0) is 19.2. The molecule has 1 aromatic carbocycles. The van der Waals surface area contributed by atoms with Crippen LogP contribution in [0, 0.1) is 5.92 Å². The Morgan fingerprint density at radius 2 is 2.11 bits per heavy atom. The number of hydrogen-bond donors (Lipinski definition) is 1. The van der Waals surface area contributed by atoms with E-state index in [1.165, 1.54) is 24.1 Å². The molecule has 4 nitrogen and oxygen atoms in total. The third-order valence-corrected chi connectivity index (χ3v) is 5.64. The van der Waals surface area contributed by atoms with Crippen molar-refractivity contribution in [2.75, 3.05) is 13.7 Å². The van der Waals surface area contributed by atoms with Gasteiger partial charge in [-0.3, -0.25) is 0 Å². The van der Waals surface area contributed by atoms with Crippen LogP contribution >= 0.6 is 34.8 Å². The van der Waals surface area contributed by atoms with E-state index in [9.17, 15) is 4.79 Å². The van der Waals surface area contributed by atoms with Gasteiger partial charge >= 0.3 is 5.97 Å². The largest absolute Gasteiger partial charge is 0.466 e. The van der Waals surface area contributed by atoms with E-state index < -0.39 is 15.7 Å². The lowest BCUT2D eigenvalue weighted by atomic mass is 9.91. The third kappa shape index (κ3) is 3.38. The zero-order valence-corrected chi connectivity index (χ0v) is 16.8. The molecule has 0 radical (unpaired) electrons. The number of fused-ring (bicyclic) bond motifs is 5. The van der Waals surface area contributed by atoms with Crippen LogP contribution < -0.4 is 0 Å². The Balaban J connectivity index is 1.80. The number of para-hydroxylation sites is 1. The van der Waals surface area contributed by atoms with Crippen LogP contribution in [-0.4, -0.2) is 33.3 Å². The minimum atomic E-state index is -1.55. The molecule has 3 heterocycles. The summed E-state index contributed by atoms with van der Waals surface area (Å²) in [5.41, 5.74) is 5.14. The molecule has 0 aliphatic carbocycles. The van der Waals surface area contributed by atoms with Crippen molar-refractivity contribution < 1.29 is 9.53 Å². The molecule has 140 valence electrons. The molecule has 7 heteroatoms. The second-order valence-corrected chi connectivity index (χ2v) is 8.89. The first-order valence-corrected chi connectivity index (χ1v) is 9.64. The van der Waals surface area contributed by atoms with Gasteiger partial charge in [0.1, 0.15) is 0 Å². The molecule has 0 fully saturated rings. The average molecular weight is 424 g/mol. The summed E-state index contributed by atoms with van der Waals surface area (Å²) in [6.45, 7) is 0.808. The summed E-state index contributed by atoms with van der Waals surface area (Å²) in [6.07, 6.45) is 7.78. The van der Waals surface area contributed by atoms with E-state index in [1.54, 1.807) is 6.08 Å². The Morgan fingerprint density at radius 3 is 2.85 bits per heavy atom. The lowest BCUT2D eigenvalue weighted by Crippen LogP contribution is -2.32. The highest BCUT2D eigenvalue weighted by atomic mass is 35.6. The Labute approximate surface area is 172 Å². The molecule has 4 rings (SSSR count). The van der Waals surface area contributed by atoms with Gasteiger partial charge in [0.25, 0.3) is 0 Å². The van der Waals surface area contributed by atoms with Gasteiger partial charge in [0.2, 0.25) is 3.79 Å². The van der Waals surface area contributed by atoms with Gasteiger partial charge in [-0.1, -0.05) is 53.0 Å². The van der Waals surface area contributed by atoms with Crippen molar-refractivity contribution in [1.82, 2.24) is 9.88 Å². The van der Waals surface area contributed by atoms with Crippen LogP contribution in [0.15, 0.2) is 54.3 Å². The molecule has 1 unspecified atom stereocenters. The number of benzene rings is 1. The maximum Gasteiger partial charge on any atom is 0.330 e. The first-order chi connectivity index (χ1) is 12.9. The van der Waals surface area contributed by atoms with Crippen LogP contribution in [0.1, 0.15) is 11.3 Å². The standard InChI is InChI=1S/C20H17Cl3N2O2/c1-27-18(26)7-6-12-11-25-9-8-14-13-4-2-3-5-16(13)24-19(14)17(25)10-15(12)20(21,22)23/h2-7,10-11,15,24H,8-9H2,1H3/b7-6+. The topological polar surface area (TPSA) is 45.3 Å². The highest BCUT2D eigenvalue weighted by molar-refractivity contribution is 6.68. The molecule has 1 N–H and O–H groups in total. The second-order valence-electron chi connectivity index (χ2n) is 6.52. The van der Waals surface area contributed by atoms with Crippen LogP contribution in [0.25, 0.3) is 16.6 Å². The van der Waals surface area contributed by atoms with Crippen LogP contribution in [0.4, 0.5) is 0 Å². The number of esters is 1. The first-order valence-electron chi connectivity index (χ1n) is 8.51. The lowest BCUT2D eigenvalue weighted by Gasteiger charge is -2.36. The molecule has 0 saturated carbocycles. The number of aromatic nitrogens is 1. The number of H-pyrrole nitrogens is 1. The van der Waals surface area contributed by atoms with Crippen molar-refractivity contribution >= 4 is 57.4 Å². The molecule has 27 heavy (non-hydrogen) atoms. The number of rotatable bonds is 2. The van der Waals surface area contributed by atoms with Crippen LogP contribution in [0.5, 0.6) is 0 Å². The fraction of sp³-hybridized carbons (Fsp3) is 0.250. The number of halogens is 3. The summed E-state index contributed by atoms with van der Waals surface area (Å²) >= 11 is 18.8. The monoisotopic (exact) mass is 422 g/mol. The number of aromatic amines is 1. The van der Waals surface area contributed by atoms with Gasteiger partial charge in [-0.25, -0.2) is 4.79 Å². The van der Waals surface area contributed by atoms with E-state index >= 15 is 0 Å². The summed E-state index contributed by atoms with van der Waals surface area (Å²) in [7, 11) is 1.33. The van der Waals surface area contributed by atoms with Crippen molar-refractivity contribution in [1.29, 1.82) is 0 Å². The molecule has 1 atom stereocenters. The van der Waals surface area contributed by atoms with Crippen molar-refractivity contribution in [3.63, 3.8) is 0 Å². The number of carbonyl (C=O) groups excluding carboxylic acids is 1. The normalized spacial score (nSPS) is 19.6. The molecule has 0 bridgehead atoms. The van der Waals surface area contributed by atoms with Gasteiger partial charge in [-0.2, -0.15) is 0 Å². The molecule has 1 aromatic heterocycles. The van der Waals surface area contributed by atoms with E-state index in [0.29, 0.717) is 0 Å². The Morgan fingerprint density at radius 1 is 1.33 bits per heavy atom. The number of nitrogens with zero attached hydrogens (tertiary/aromatic N) is 1.